The summed E-state index contributed by atoms with van der Waals surface area (Å²) in [5.41, 5.74) is 3.59. The number of hydrogen-bond donors (Lipinski definition) is 2. The molecule has 9 nitrogen and oxygen atoms in total. The molecule has 2 heterocycles. The lowest BCUT2D eigenvalue weighted by atomic mass is 10.2. The van der Waals surface area contributed by atoms with Gasteiger partial charge in [-0.15, -0.1) is 0 Å². The SMILES string of the molecule is Cc1c(Cl)cnc(NC(=O)COC(=O)c2ccc(N3NC(=O)CCC3=O)cc2)c1Cl. The third kappa shape index (κ3) is 4.87. The van der Waals surface area contributed by atoms with Crippen molar-refractivity contribution in [1.82, 2.24) is 10.4 Å². The lowest BCUT2D eigenvalue weighted by Crippen LogP contribution is -2.50. The highest BCUT2D eigenvalue weighted by Gasteiger charge is 2.24. The Morgan fingerprint density at radius 2 is 1.90 bits per heavy atom. The van der Waals surface area contributed by atoms with Gasteiger partial charge in [0.2, 0.25) is 11.8 Å². The number of benzene rings is 1. The molecule has 1 saturated heterocycles. The molecule has 1 aliphatic rings. The van der Waals surface area contributed by atoms with Gasteiger partial charge in [-0.25, -0.2) is 14.8 Å². The van der Waals surface area contributed by atoms with Gasteiger partial charge in [-0.3, -0.25) is 19.8 Å². The maximum atomic E-state index is 12.2. The number of nitrogens with one attached hydrogen (secondary N) is 2. The number of rotatable bonds is 5. The van der Waals surface area contributed by atoms with E-state index in [1.165, 1.54) is 30.5 Å². The minimum Gasteiger partial charge on any atom is -0.452 e. The van der Waals surface area contributed by atoms with Gasteiger partial charge in [0.25, 0.3) is 5.91 Å². The fourth-order valence-corrected chi connectivity index (χ4v) is 2.95. The van der Waals surface area contributed by atoms with Crippen molar-refractivity contribution < 1.29 is 23.9 Å². The van der Waals surface area contributed by atoms with Gasteiger partial charge in [0, 0.05) is 19.0 Å². The first-order valence-corrected chi connectivity index (χ1v) is 9.52. The van der Waals surface area contributed by atoms with Crippen LogP contribution in [0.25, 0.3) is 0 Å². The first-order valence-electron chi connectivity index (χ1n) is 8.76. The van der Waals surface area contributed by atoms with Crippen LogP contribution in [-0.4, -0.2) is 35.3 Å². The molecule has 2 N–H and O–H groups in total. The fraction of sp³-hybridized carbons (Fsp3) is 0.211. The second-order valence-corrected chi connectivity index (χ2v) is 7.11. The molecule has 0 aliphatic carbocycles. The van der Waals surface area contributed by atoms with E-state index in [1.54, 1.807) is 6.92 Å². The normalized spacial score (nSPS) is 13.6. The molecule has 0 atom stereocenters. The lowest BCUT2D eigenvalue weighted by molar-refractivity contribution is -0.130. The van der Waals surface area contributed by atoms with E-state index >= 15 is 0 Å². The molecule has 11 heteroatoms. The zero-order chi connectivity index (χ0) is 21.8. The minimum absolute atomic E-state index is 0.108. The highest BCUT2D eigenvalue weighted by molar-refractivity contribution is 6.37. The van der Waals surface area contributed by atoms with E-state index in [1.807, 2.05) is 0 Å². The van der Waals surface area contributed by atoms with Crippen LogP contribution < -0.4 is 15.8 Å². The molecule has 30 heavy (non-hydrogen) atoms. The molecule has 0 unspecified atom stereocenters. The summed E-state index contributed by atoms with van der Waals surface area (Å²) in [6, 6.07) is 5.82. The second kappa shape index (κ2) is 9.10. The van der Waals surface area contributed by atoms with Crippen molar-refractivity contribution in [3.05, 3.63) is 51.6 Å². The number of anilines is 2. The van der Waals surface area contributed by atoms with Gasteiger partial charge in [0.1, 0.15) is 0 Å². The van der Waals surface area contributed by atoms with Crippen LogP contribution in [0.3, 0.4) is 0 Å². The number of nitrogens with zero attached hydrogens (tertiary/aromatic N) is 2. The van der Waals surface area contributed by atoms with Crippen molar-refractivity contribution in [2.45, 2.75) is 19.8 Å². The number of carbonyl (C=O) groups is 4. The quantitative estimate of drug-likeness (QED) is 0.675. The average molecular weight is 451 g/mol. The first-order chi connectivity index (χ1) is 14.3. The molecular formula is C19H16Cl2N4O5. The maximum absolute atomic E-state index is 12.2. The largest absolute Gasteiger partial charge is 0.452 e. The molecule has 1 fully saturated rings. The molecule has 3 amide bonds. The third-order valence-corrected chi connectivity index (χ3v) is 5.05. The fourth-order valence-electron chi connectivity index (χ4n) is 2.56. The Labute approximate surface area is 181 Å². The van der Waals surface area contributed by atoms with E-state index in [-0.39, 0.29) is 41.1 Å². The van der Waals surface area contributed by atoms with Gasteiger partial charge < -0.3 is 10.1 Å². The van der Waals surface area contributed by atoms with E-state index in [4.69, 9.17) is 27.9 Å². The number of carbonyl (C=O) groups excluding carboxylic acids is 4. The Balaban J connectivity index is 1.57. The van der Waals surface area contributed by atoms with Crippen LogP contribution in [0.15, 0.2) is 30.5 Å². The maximum Gasteiger partial charge on any atom is 0.338 e. The van der Waals surface area contributed by atoms with Crippen LogP contribution in [0.2, 0.25) is 10.0 Å². The van der Waals surface area contributed by atoms with Crippen molar-refractivity contribution in [3.63, 3.8) is 0 Å². The Morgan fingerprint density at radius 1 is 1.20 bits per heavy atom. The molecule has 1 aliphatic heterocycles. The van der Waals surface area contributed by atoms with E-state index < -0.39 is 18.5 Å². The highest BCUT2D eigenvalue weighted by Crippen LogP contribution is 2.28. The predicted octanol–water partition coefficient (Wildman–Crippen LogP) is 2.65. The van der Waals surface area contributed by atoms with Gasteiger partial charge in [-0.1, -0.05) is 23.2 Å². The summed E-state index contributed by atoms with van der Waals surface area (Å²) in [7, 11) is 0. The summed E-state index contributed by atoms with van der Waals surface area (Å²) in [5.74, 6) is -1.78. The number of halogens is 2. The Hall–Kier alpha value is -3.17. The van der Waals surface area contributed by atoms with Crippen molar-refractivity contribution in [2.24, 2.45) is 0 Å². The van der Waals surface area contributed by atoms with Gasteiger partial charge >= 0.3 is 5.97 Å². The number of pyridine rings is 1. The van der Waals surface area contributed by atoms with Gasteiger partial charge in [0.05, 0.1) is 21.3 Å². The summed E-state index contributed by atoms with van der Waals surface area (Å²) in [5, 5.41) is 4.12. The average Bonchev–Trinajstić information content (AvgIpc) is 2.74. The molecule has 0 spiro atoms. The molecule has 2 aromatic rings. The van der Waals surface area contributed by atoms with Crippen molar-refractivity contribution >= 4 is 58.4 Å². The van der Waals surface area contributed by atoms with Crippen LogP contribution in [0, 0.1) is 6.92 Å². The summed E-state index contributed by atoms with van der Waals surface area (Å²) >= 11 is 12.0. The molecular weight excluding hydrogens is 435 g/mol. The lowest BCUT2D eigenvalue weighted by Gasteiger charge is -2.27. The molecule has 1 aromatic heterocycles. The molecule has 0 radical (unpaired) electrons. The summed E-state index contributed by atoms with van der Waals surface area (Å²) in [4.78, 5) is 51.5. The number of hydrogen-bond acceptors (Lipinski definition) is 6. The second-order valence-electron chi connectivity index (χ2n) is 6.33. The van der Waals surface area contributed by atoms with Gasteiger partial charge in [-0.05, 0) is 36.8 Å². The minimum atomic E-state index is -0.739. The summed E-state index contributed by atoms with van der Waals surface area (Å²) in [6.45, 7) is 1.12. The molecule has 3 rings (SSSR count). The topological polar surface area (TPSA) is 118 Å². The monoisotopic (exact) mass is 450 g/mol. The number of aromatic nitrogens is 1. The molecule has 0 saturated carbocycles. The van der Waals surface area contributed by atoms with Crippen LogP contribution in [-0.2, 0) is 19.1 Å². The molecule has 156 valence electrons. The molecule has 1 aromatic carbocycles. The number of esters is 1. The van der Waals surface area contributed by atoms with Crippen LogP contribution in [0.4, 0.5) is 11.5 Å². The van der Waals surface area contributed by atoms with Crippen molar-refractivity contribution in [3.8, 4) is 0 Å². The van der Waals surface area contributed by atoms with Gasteiger partial charge in [-0.2, -0.15) is 0 Å². The predicted molar refractivity (Wildman–Crippen MR) is 109 cm³/mol. The number of ether oxygens (including phenoxy) is 1. The van der Waals surface area contributed by atoms with E-state index in [0.717, 1.165) is 5.01 Å². The smallest absolute Gasteiger partial charge is 0.338 e. The highest BCUT2D eigenvalue weighted by atomic mass is 35.5. The van der Waals surface area contributed by atoms with E-state index in [2.05, 4.69) is 15.7 Å². The van der Waals surface area contributed by atoms with Crippen molar-refractivity contribution in [2.75, 3.05) is 16.9 Å². The third-order valence-electron chi connectivity index (χ3n) is 4.21. The van der Waals surface area contributed by atoms with Crippen LogP contribution >= 0.6 is 23.2 Å². The Morgan fingerprint density at radius 3 is 2.60 bits per heavy atom. The number of hydrazine groups is 1. The van der Waals surface area contributed by atoms with Crippen LogP contribution in [0.1, 0.15) is 28.8 Å². The molecule has 0 bridgehead atoms. The zero-order valence-corrected chi connectivity index (χ0v) is 17.2. The summed E-state index contributed by atoms with van der Waals surface area (Å²) < 4.78 is 4.98. The first kappa shape index (κ1) is 21.5. The van der Waals surface area contributed by atoms with E-state index in [0.29, 0.717) is 16.3 Å². The van der Waals surface area contributed by atoms with Crippen LogP contribution in [0.5, 0.6) is 0 Å². The standard InChI is InChI=1S/C19H16Cl2N4O5/c1-10-13(20)8-22-18(17(10)21)23-15(27)9-30-19(29)11-2-4-12(5-3-11)25-16(28)7-6-14(26)24-25/h2-5,8H,6-7,9H2,1H3,(H,24,26)(H,22,23,27). The summed E-state index contributed by atoms with van der Waals surface area (Å²) in [6.07, 6.45) is 1.59. The van der Waals surface area contributed by atoms with E-state index in [9.17, 15) is 19.2 Å². The number of amides is 3. The Bertz CT molecular complexity index is 1030. The van der Waals surface area contributed by atoms with Crippen molar-refractivity contribution in [1.29, 1.82) is 0 Å². The zero-order valence-electron chi connectivity index (χ0n) is 15.7. The Kier molecular flexibility index (Phi) is 6.53. The van der Waals surface area contributed by atoms with Gasteiger partial charge in [0.15, 0.2) is 12.4 Å².